The molecule has 2 aliphatic rings. The van der Waals surface area contributed by atoms with E-state index in [4.69, 9.17) is 37.4 Å². The molecule has 0 saturated carbocycles. The van der Waals surface area contributed by atoms with Gasteiger partial charge in [-0.2, -0.15) is 0 Å². The SMILES string of the molecule is Cc1ccccc1NC(=O)CN1CCN(c2ccc(OC[C@@H]3CO[C@@](Cn4ccnc4)(c4ccc(Cl)cc4Cl)O3)cc2)CC1. The van der Waals surface area contributed by atoms with Crippen LogP contribution in [0.25, 0.3) is 0 Å². The smallest absolute Gasteiger partial charge is 0.238 e. The van der Waals surface area contributed by atoms with Crippen LogP contribution in [-0.2, 0) is 26.6 Å². The van der Waals surface area contributed by atoms with E-state index >= 15 is 0 Å². The fourth-order valence-corrected chi connectivity index (χ4v) is 6.14. The molecule has 3 aromatic carbocycles. The molecule has 1 N–H and O–H groups in total. The molecule has 1 amide bonds. The third-order valence-corrected chi connectivity index (χ3v) is 8.50. The molecule has 11 heteroatoms. The molecular formula is C33H35Cl2N5O4. The average molecular weight is 637 g/mol. The fourth-order valence-electron chi connectivity index (χ4n) is 5.59. The highest BCUT2D eigenvalue weighted by Gasteiger charge is 2.45. The second-order valence-electron chi connectivity index (χ2n) is 11.1. The summed E-state index contributed by atoms with van der Waals surface area (Å²) in [5.74, 6) is -0.328. The number of piperazine rings is 1. The molecular weight excluding hydrogens is 601 g/mol. The highest BCUT2D eigenvalue weighted by molar-refractivity contribution is 6.35. The standard InChI is InChI=1S/C33H35Cl2N5O4/c1-24-4-2-3-5-31(24)37-32(41)19-38-14-16-40(17-15-38)26-7-9-27(10-8-26)42-20-28-21-43-33(44-28,22-39-13-12-36-23-39)29-11-6-25(34)18-30(29)35/h2-13,18,23,28H,14-17,19-22H2,1H3,(H,37,41)/t28-,33-/m1/s1. The van der Waals surface area contributed by atoms with Gasteiger partial charge in [0.1, 0.15) is 18.5 Å². The van der Waals surface area contributed by atoms with E-state index in [2.05, 4.69) is 32.2 Å². The van der Waals surface area contributed by atoms with Crippen molar-refractivity contribution in [1.82, 2.24) is 14.5 Å². The van der Waals surface area contributed by atoms with E-state index in [9.17, 15) is 4.79 Å². The molecule has 0 spiro atoms. The first kappa shape index (κ1) is 30.4. The minimum atomic E-state index is -1.09. The Balaban J connectivity index is 0.998. The van der Waals surface area contributed by atoms with E-state index in [1.807, 2.05) is 60.2 Å². The first-order chi connectivity index (χ1) is 21.4. The highest BCUT2D eigenvalue weighted by atomic mass is 35.5. The monoisotopic (exact) mass is 635 g/mol. The van der Waals surface area contributed by atoms with Crippen molar-refractivity contribution >= 4 is 40.5 Å². The van der Waals surface area contributed by atoms with Crippen molar-refractivity contribution in [3.63, 3.8) is 0 Å². The molecule has 0 unspecified atom stereocenters. The first-order valence-corrected chi connectivity index (χ1v) is 15.4. The van der Waals surface area contributed by atoms with Gasteiger partial charge < -0.3 is 29.0 Å². The highest BCUT2D eigenvalue weighted by Crippen LogP contribution is 2.40. The number of halogens is 2. The number of ether oxygens (including phenoxy) is 3. The number of hydrogen-bond donors (Lipinski definition) is 1. The molecule has 0 radical (unpaired) electrons. The summed E-state index contributed by atoms with van der Waals surface area (Å²) in [6.07, 6.45) is 4.98. The summed E-state index contributed by atoms with van der Waals surface area (Å²) in [6, 6.07) is 21.2. The summed E-state index contributed by atoms with van der Waals surface area (Å²) in [4.78, 5) is 21.2. The lowest BCUT2D eigenvalue weighted by Crippen LogP contribution is -2.48. The Bertz CT molecular complexity index is 1560. The van der Waals surface area contributed by atoms with Gasteiger partial charge in [0.05, 0.1) is 31.0 Å². The van der Waals surface area contributed by atoms with Crippen molar-refractivity contribution in [3.05, 3.63) is 107 Å². The van der Waals surface area contributed by atoms with Gasteiger partial charge in [-0.1, -0.05) is 47.5 Å². The average Bonchev–Trinajstić information content (AvgIpc) is 3.68. The van der Waals surface area contributed by atoms with Crippen LogP contribution in [0.3, 0.4) is 0 Å². The lowest BCUT2D eigenvalue weighted by molar-refractivity contribution is -0.189. The number of carbonyl (C=O) groups excluding carboxylic acids is 1. The van der Waals surface area contributed by atoms with Gasteiger partial charge in [0, 0.05) is 60.5 Å². The summed E-state index contributed by atoms with van der Waals surface area (Å²) < 4.78 is 20.8. The number of nitrogens with one attached hydrogen (secondary N) is 1. The van der Waals surface area contributed by atoms with Crippen molar-refractivity contribution in [2.75, 3.05) is 56.2 Å². The van der Waals surface area contributed by atoms with Gasteiger partial charge in [-0.15, -0.1) is 0 Å². The predicted molar refractivity (Wildman–Crippen MR) is 172 cm³/mol. The van der Waals surface area contributed by atoms with E-state index in [-0.39, 0.29) is 12.0 Å². The molecule has 4 aromatic rings. The Labute approximate surface area is 267 Å². The van der Waals surface area contributed by atoms with Gasteiger partial charge in [-0.3, -0.25) is 9.69 Å². The van der Waals surface area contributed by atoms with Crippen molar-refractivity contribution in [2.24, 2.45) is 0 Å². The van der Waals surface area contributed by atoms with Gasteiger partial charge in [0.25, 0.3) is 0 Å². The third-order valence-electron chi connectivity index (χ3n) is 7.95. The maximum Gasteiger partial charge on any atom is 0.238 e. The van der Waals surface area contributed by atoms with E-state index in [0.29, 0.717) is 41.9 Å². The van der Waals surface area contributed by atoms with Gasteiger partial charge in [0.15, 0.2) is 0 Å². The Morgan fingerprint density at radius 1 is 1.07 bits per heavy atom. The maximum absolute atomic E-state index is 12.6. The molecule has 3 heterocycles. The van der Waals surface area contributed by atoms with Crippen molar-refractivity contribution in [3.8, 4) is 5.75 Å². The molecule has 6 rings (SSSR count). The number of aryl methyl sites for hydroxylation is 1. The minimum absolute atomic E-state index is 0.0149. The van der Waals surface area contributed by atoms with Crippen LogP contribution in [-0.4, -0.2) is 72.4 Å². The van der Waals surface area contributed by atoms with E-state index in [0.717, 1.165) is 48.9 Å². The summed E-state index contributed by atoms with van der Waals surface area (Å²) in [7, 11) is 0. The zero-order valence-electron chi connectivity index (χ0n) is 24.5. The summed E-state index contributed by atoms with van der Waals surface area (Å²) >= 11 is 12.7. The van der Waals surface area contributed by atoms with Crippen molar-refractivity contribution < 1.29 is 19.0 Å². The number of rotatable bonds is 10. The molecule has 2 fully saturated rings. The number of para-hydroxylation sites is 1. The molecule has 2 aliphatic heterocycles. The Hall–Kier alpha value is -3.60. The van der Waals surface area contributed by atoms with Crippen LogP contribution in [0.2, 0.25) is 10.0 Å². The molecule has 9 nitrogen and oxygen atoms in total. The molecule has 230 valence electrons. The number of nitrogens with zero attached hydrogens (tertiary/aromatic N) is 4. The van der Waals surface area contributed by atoms with Crippen molar-refractivity contribution in [2.45, 2.75) is 25.4 Å². The van der Waals surface area contributed by atoms with Gasteiger partial charge in [0.2, 0.25) is 11.7 Å². The molecule has 2 saturated heterocycles. The topological polar surface area (TPSA) is 81.1 Å². The van der Waals surface area contributed by atoms with E-state index in [1.165, 1.54) is 0 Å². The maximum atomic E-state index is 12.6. The fraction of sp³-hybridized carbons (Fsp3) is 0.333. The predicted octanol–water partition coefficient (Wildman–Crippen LogP) is 5.61. The van der Waals surface area contributed by atoms with E-state index in [1.54, 1.807) is 24.7 Å². The number of imidazole rings is 1. The largest absolute Gasteiger partial charge is 0.491 e. The first-order valence-electron chi connectivity index (χ1n) is 14.7. The molecule has 44 heavy (non-hydrogen) atoms. The number of aromatic nitrogens is 2. The van der Waals surface area contributed by atoms with Crippen LogP contribution in [0, 0.1) is 6.92 Å². The van der Waals surface area contributed by atoms with Crippen LogP contribution in [0.1, 0.15) is 11.1 Å². The quantitative estimate of drug-likeness (QED) is 0.243. The number of anilines is 2. The second-order valence-corrected chi connectivity index (χ2v) is 11.9. The van der Waals surface area contributed by atoms with Crippen LogP contribution < -0.4 is 15.0 Å². The molecule has 2 atom stereocenters. The van der Waals surface area contributed by atoms with Crippen LogP contribution >= 0.6 is 23.2 Å². The molecule has 0 bridgehead atoms. The van der Waals surface area contributed by atoms with Crippen LogP contribution in [0.15, 0.2) is 85.5 Å². The Morgan fingerprint density at radius 2 is 1.86 bits per heavy atom. The molecule has 1 aromatic heterocycles. The lowest BCUT2D eigenvalue weighted by Gasteiger charge is -2.35. The third kappa shape index (κ3) is 7.20. The number of carbonyl (C=O) groups is 1. The van der Waals surface area contributed by atoms with Gasteiger partial charge in [-0.05, 0) is 55.0 Å². The summed E-state index contributed by atoms with van der Waals surface area (Å²) in [5.41, 5.74) is 3.75. The number of amides is 1. The minimum Gasteiger partial charge on any atom is -0.491 e. The Kier molecular flexibility index (Phi) is 9.39. The normalized spacial score (nSPS) is 20.5. The summed E-state index contributed by atoms with van der Waals surface area (Å²) in [6.45, 7) is 6.75. The number of benzene rings is 3. The van der Waals surface area contributed by atoms with Gasteiger partial charge in [-0.25, -0.2) is 4.98 Å². The Morgan fingerprint density at radius 3 is 2.59 bits per heavy atom. The zero-order chi connectivity index (χ0) is 30.5. The van der Waals surface area contributed by atoms with Crippen molar-refractivity contribution in [1.29, 1.82) is 0 Å². The zero-order valence-corrected chi connectivity index (χ0v) is 26.0. The van der Waals surface area contributed by atoms with Crippen LogP contribution in [0.4, 0.5) is 11.4 Å². The van der Waals surface area contributed by atoms with E-state index < -0.39 is 5.79 Å². The number of hydrogen-bond acceptors (Lipinski definition) is 7. The van der Waals surface area contributed by atoms with Crippen LogP contribution in [0.5, 0.6) is 5.75 Å². The molecule has 0 aliphatic carbocycles. The second kappa shape index (κ2) is 13.6. The lowest BCUT2D eigenvalue weighted by atomic mass is 10.1. The summed E-state index contributed by atoms with van der Waals surface area (Å²) in [5, 5.41) is 4.04. The van der Waals surface area contributed by atoms with Gasteiger partial charge >= 0.3 is 0 Å².